The van der Waals surface area contributed by atoms with Crippen molar-refractivity contribution in [3.63, 3.8) is 0 Å². The van der Waals surface area contributed by atoms with E-state index in [1.54, 1.807) is 0 Å². The van der Waals surface area contributed by atoms with Gasteiger partial charge in [-0.15, -0.1) is 0 Å². The van der Waals surface area contributed by atoms with Crippen molar-refractivity contribution in [2.45, 2.75) is 203 Å². The third-order valence-corrected chi connectivity index (χ3v) is 10.6. The molecule has 0 aliphatic carbocycles. The molecule has 2 rings (SSSR count). The Labute approximate surface area is 326 Å². The van der Waals surface area contributed by atoms with Gasteiger partial charge in [0.05, 0.1) is 31.5 Å². The highest BCUT2D eigenvalue weighted by molar-refractivity contribution is 5.76. The Morgan fingerprint density at radius 1 is 0.727 bits per heavy atom. The van der Waals surface area contributed by atoms with E-state index in [4.69, 9.17) is 9.47 Å². The van der Waals surface area contributed by atoms with E-state index in [2.05, 4.69) is 12.2 Å². The van der Waals surface area contributed by atoms with Crippen LogP contribution in [-0.2, 0) is 14.3 Å². The van der Waals surface area contributed by atoms with Crippen molar-refractivity contribution in [1.82, 2.24) is 5.32 Å². The summed E-state index contributed by atoms with van der Waals surface area (Å²) in [5.41, 5.74) is 0.106. The minimum atomic E-state index is -1.66. The van der Waals surface area contributed by atoms with E-state index in [9.17, 15) is 54.4 Å². The first-order valence-corrected chi connectivity index (χ1v) is 20.8. The van der Waals surface area contributed by atoms with E-state index in [1.807, 2.05) is 0 Å². The number of halogens is 2. The monoisotopic (exact) mass is 791 g/mol. The molecule has 9 N–H and O–H groups in total. The van der Waals surface area contributed by atoms with Gasteiger partial charge in [0.25, 0.3) is 0 Å². The van der Waals surface area contributed by atoms with Gasteiger partial charge in [0.15, 0.2) is 17.9 Å². The molecule has 0 bridgehead atoms. The molecule has 0 spiro atoms. The van der Waals surface area contributed by atoms with Crippen LogP contribution in [0.4, 0.5) is 8.78 Å². The van der Waals surface area contributed by atoms with Crippen LogP contribution >= 0.6 is 0 Å². The van der Waals surface area contributed by atoms with Gasteiger partial charge in [0, 0.05) is 6.42 Å². The molecule has 320 valence electrons. The molecule has 1 saturated heterocycles. The molecule has 1 heterocycles. The zero-order valence-electron chi connectivity index (χ0n) is 32.8. The number of aliphatic hydroxyl groups excluding tert-OH is 8. The van der Waals surface area contributed by atoms with Gasteiger partial charge in [-0.2, -0.15) is 0 Å². The summed E-state index contributed by atoms with van der Waals surface area (Å²) in [7, 11) is 0. The first-order chi connectivity index (χ1) is 26.4. The van der Waals surface area contributed by atoms with Gasteiger partial charge >= 0.3 is 0 Å². The summed E-state index contributed by atoms with van der Waals surface area (Å²) < 4.78 is 37.7. The van der Waals surface area contributed by atoms with Crippen LogP contribution < -0.4 is 5.32 Å². The Bertz CT molecular complexity index is 1150. The molecule has 0 saturated carbocycles. The molecule has 0 aromatic heterocycles. The number of unbranched alkanes of at least 4 members (excludes halogenated alkanes) is 16. The molecule has 0 radical (unpaired) electrons. The highest BCUT2D eigenvalue weighted by atomic mass is 19.2. The maximum Gasteiger partial charge on any atom is 0.220 e. The fourth-order valence-corrected chi connectivity index (χ4v) is 6.96. The molecule has 1 aliphatic heterocycles. The lowest BCUT2D eigenvalue weighted by Gasteiger charge is -2.40. The van der Waals surface area contributed by atoms with Gasteiger partial charge < -0.3 is 55.6 Å². The summed E-state index contributed by atoms with van der Waals surface area (Å²) in [6, 6.07) is 1.94. The topological polar surface area (TPSA) is 209 Å². The number of carbonyl (C=O) groups is 1. The number of nitrogens with one attached hydrogen (secondary N) is 1. The van der Waals surface area contributed by atoms with Crippen LogP contribution in [0.15, 0.2) is 18.2 Å². The minimum absolute atomic E-state index is 0.106. The first-order valence-electron chi connectivity index (χ1n) is 20.8. The number of benzene rings is 1. The van der Waals surface area contributed by atoms with Crippen LogP contribution in [-0.4, -0.2) is 115 Å². The van der Waals surface area contributed by atoms with Crippen molar-refractivity contribution in [3.8, 4) is 0 Å². The maximum atomic E-state index is 13.5. The maximum absolute atomic E-state index is 13.5. The van der Waals surface area contributed by atoms with Crippen molar-refractivity contribution in [2.24, 2.45) is 0 Å². The molecule has 1 aromatic rings. The molecule has 1 amide bonds. The summed E-state index contributed by atoms with van der Waals surface area (Å²) in [4.78, 5) is 13.0. The van der Waals surface area contributed by atoms with Gasteiger partial charge in [-0.25, -0.2) is 8.78 Å². The second-order valence-corrected chi connectivity index (χ2v) is 15.3. The highest BCUT2D eigenvalue weighted by Crippen LogP contribution is 2.24. The van der Waals surface area contributed by atoms with Crippen LogP contribution in [0.3, 0.4) is 0 Å². The Morgan fingerprint density at radius 3 is 1.80 bits per heavy atom. The normalized spacial score (nSPS) is 22.9. The zero-order chi connectivity index (χ0) is 40.6. The van der Waals surface area contributed by atoms with Crippen molar-refractivity contribution in [1.29, 1.82) is 0 Å². The summed E-state index contributed by atoms with van der Waals surface area (Å²) in [5.74, 6) is -2.50. The van der Waals surface area contributed by atoms with Crippen molar-refractivity contribution in [3.05, 3.63) is 35.4 Å². The lowest BCUT2D eigenvalue weighted by Crippen LogP contribution is -2.60. The first kappa shape index (κ1) is 49.3. The Kier molecular flexibility index (Phi) is 25.6. The van der Waals surface area contributed by atoms with Crippen LogP contribution in [0, 0.1) is 11.6 Å². The highest BCUT2D eigenvalue weighted by Gasteiger charge is 2.44. The molecular weight excluding hydrogens is 720 g/mol. The predicted molar refractivity (Wildman–Crippen MR) is 204 cm³/mol. The molecule has 1 aliphatic rings. The van der Waals surface area contributed by atoms with E-state index >= 15 is 0 Å². The van der Waals surface area contributed by atoms with E-state index in [-0.39, 0.29) is 30.9 Å². The van der Waals surface area contributed by atoms with Crippen LogP contribution in [0.5, 0.6) is 0 Å². The predicted octanol–water partition coefficient (Wildman–Crippen LogP) is 4.59. The number of rotatable bonds is 31. The van der Waals surface area contributed by atoms with Gasteiger partial charge in [-0.1, -0.05) is 122 Å². The summed E-state index contributed by atoms with van der Waals surface area (Å²) >= 11 is 0. The van der Waals surface area contributed by atoms with Crippen molar-refractivity contribution in [2.75, 3.05) is 13.2 Å². The van der Waals surface area contributed by atoms with E-state index in [0.717, 1.165) is 57.1 Å². The molecule has 1 aromatic carbocycles. The van der Waals surface area contributed by atoms with Crippen LogP contribution in [0.2, 0.25) is 0 Å². The second kappa shape index (κ2) is 28.5. The number of hydrogen-bond donors (Lipinski definition) is 9. The minimum Gasteiger partial charge on any atom is -0.394 e. The fourth-order valence-electron chi connectivity index (χ4n) is 6.96. The lowest BCUT2D eigenvalue weighted by molar-refractivity contribution is -0.303. The van der Waals surface area contributed by atoms with Gasteiger partial charge in [0.2, 0.25) is 5.91 Å². The van der Waals surface area contributed by atoms with Gasteiger partial charge in [0.1, 0.15) is 36.6 Å². The number of amides is 1. The number of carbonyl (C=O) groups excluding carboxylic acids is 1. The molecule has 2 unspecified atom stereocenters. The lowest BCUT2D eigenvalue weighted by atomic mass is 9.98. The molecule has 1 fully saturated rings. The average Bonchev–Trinajstić information content (AvgIpc) is 3.17. The Morgan fingerprint density at radius 2 is 1.25 bits per heavy atom. The number of aliphatic hydroxyl groups is 8. The van der Waals surface area contributed by atoms with E-state index in [0.29, 0.717) is 25.7 Å². The molecular formula is C41H71F2NO11. The largest absolute Gasteiger partial charge is 0.394 e. The summed E-state index contributed by atoms with van der Waals surface area (Å²) in [5, 5.41) is 85.3. The second-order valence-electron chi connectivity index (χ2n) is 15.3. The number of hydrogen-bond acceptors (Lipinski definition) is 11. The number of ether oxygens (including phenoxy) is 2. The third-order valence-electron chi connectivity index (χ3n) is 10.6. The van der Waals surface area contributed by atoms with Gasteiger partial charge in [-0.05, 0) is 37.0 Å². The van der Waals surface area contributed by atoms with Crippen LogP contribution in [0.1, 0.15) is 153 Å². The van der Waals surface area contributed by atoms with Crippen molar-refractivity contribution >= 4 is 5.91 Å². The summed E-state index contributed by atoms with van der Waals surface area (Å²) in [6.45, 7) is 1.19. The smallest absolute Gasteiger partial charge is 0.220 e. The average molecular weight is 792 g/mol. The Balaban J connectivity index is 1.76. The van der Waals surface area contributed by atoms with Gasteiger partial charge in [-0.3, -0.25) is 4.79 Å². The van der Waals surface area contributed by atoms with E-state index < -0.39 is 79.4 Å². The Hall–Kier alpha value is -1.85. The standard InChI is InChI=1S/C41H71F2NO11/c1-2-3-4-5-6-7-8-9-10-11-14-18-21-33(47)37(50)31(27-54-41-40(53)39(52)38(51)34(26-45)55-41)44-35(48)22-19-16-13-12-15-17-20-32(46)36(49)28-23-24-29(42)30(43)25-28/h23-25,31-34,36-41,45-47,49-53H,2-22,26-27H2,1H3,(H,44,48)/t31-,32+,33+,34?,36+,37-,38-,39-,40?,41-/m0/s1. The zero-order valence-corrected chi connectivity index (χ0v) is 32.8. The molecule has 12 nitrogen and oxygen atoms in total. The van der Waals surface area contributed by atoms with Crippen molar-refractivity contribution < 1.29 is 63.9 Å². The molecule has 14 heteroatoms. The SMILES string of the molecule is CCCCCCCCCCCCCC[C@@H](O)[C@@H](O)[C@H](CO[C@H]1OC(CO)[C@H](O)[C@H](O)C1O)NC(=O)CCCCCCCC[C@@H](O)[C@H](O)c1ccc(F)c(F)c1. The molecule has 55 heavy (non-hydrogen) atoms. The fraction of sp³-hybridized carbons (Fsp3) is 0.829. The van der Waals surface area contributed by atoms with E-state index in [1.165, 1.54) is 57.4 Å². The van der Waals surface area contributed by atoms with Crippen LogP contribution in [0.25, 0.3) is 0 Å². The molecule has 10 atom stereocenters. The third kappa shape index (κ3) is 19.0. The summed E-state index contributed by atoms with van der Waals surface area (Å²) in [6.07, 6.45) is 6.30. The quantitative estimate of drug-likeness (QED) is 0.0475.